The van der Waals surface area contributed by atoms with Gasteiger partial charge in [-0.05, 0) is 48.9 Å². The average molecular weight is 354 g/mol. The first-order valence-electron chi connectivity index (χ1n) is 6.66. The summed E-state index contributed by atoms with van der Waals surface area (Å²) in [5.41, 5.74) is 0.769. The van der Waals surface area contributed by atoms with Crippen LogP contribution in [0.2, 0.25) is 0 Å². The van der Waals surface area contributed by atoms with Gasteiger partial charge in [0.1, 0.15) is 23.0 Å². The van der Waals surface area contributed by atoms with E-state index in [2.05, 4.69) is 0 Å². The van der Waals surface area contributed by atoms with Crippen molar-refractivity contribution in [2.75, 3.05) is 6.61 Å². The highest BCUT2D eigenvalue weighted by Gasteiger charge is 2.65. The summed E-state index contributed by atoms with van der Waals surface area (Å²) in [7, 11) is -9.63. The van der Waals surface area contributed by atoms with Gasteiger partial charge in [-0.25, -0.2) is 0 Å². The fraction of sp³-hybridized carbons (Fsp3) is 0.200. The Morgan fingerprint density at radius 2 is 1.22 bits per heavy atom. The monoisotopic (exact) mass is 354 g/mol. The maximum Gasteiger partial charge on any atom is 0.310 e. The molecule has 0 radical (unpaired) electrons. The summed E-state index contributed by atoms with van der Waals surface area (Å²) in [4.78, 5) is -1.93. The van der Waals surface area contributed by atoms with Gasteiger partial charge in [0.25, 0.3) is 0 Å². The highest BCUT2D eigenvalue weighted by atomic mass is 32.5. The molecule has 0 spiro atoms. The van der Waals surface area contributed by atoms with Gasteiger partial charge in [-0.3, -0.25) is 0 Å². The third-order valence-corrected chi connectivity index (χ3v) is 4.07. The van der Waals surface area contributed by atoms with E-state index in [1.54, 1.807) is 24.3 Å². The minimum Gasteiger partial charge on any atom is -0.494 e. The molecule has 2 nitrogen and oxygen atoms in total. The van der Waals surface area contributed by atoms with Crippen molar-refractivity contribution in [3.8, 4) is 11.5 Å². The zero-order chi connectivity index (χ0) is 17.2. The van der Waals surface area contributed by atoms with E-state index in [1.165, 1.54) is 0 Å². The molecule has 0 aromatic heterocycles. The van der Waals surface area contributed by atoms with Crippen LogP contribution in [-0.2, 0) is 6.61 Å². The summed E-state index contributed by atoms with van der Waals surface area (Å²) >= 11 is 0. The fourth-order valence-corrected chi connectivity index (χ4v) is 2.46. The van der Waals surface area contributed by atoms with Crippen molar-refractivity contribution >= 4 is 10.2 Å². The van der Waals surface area contributed by atoms with Gasteiger partial charge in [-0.15, -0.1) is 0 Å². The highest BCUT2D eigenvalue weighted by molar-refractivity contribution is 8.45. The fourth-order valence-electron chi connectivity index (χ4n) is 1.81. The van der Waals surface area contributed by atoms with Crippen molar-refractivity contribution in [2.24, 2.45) is 0 Å². The van der Waals surface area contributed by atoms with Crippen LogP contribution in [0.5, 0.6) is 11.5 Å². The maximum absolute atomic E-state index is 12.6. The van der Waals surface area contributed by atoms with E-state index in [9.17, 15) is 19.4 Å². The van der Waals surface area contributed by atoms with Crippen LogP contribution in [0.1, 0.15) is 12.5 Å². The smallest absolute Gasteiger partial charge is 0.310 e. The standard InChI is InChI=1S/C15H15F5O2S/c1-2-21-13-5-3-12(4-6-13)11-22-14-7-9-15(10-8-14)23(16,17,18,19)20/h3-10H,2,11H2,1H3. The van der Waals surface area contributed by atoms with Crippen LogP contribution in [0, 0.1) is 0 Å². The first kappa shape index (κ1) is 17.4. The number of rotatable bonds is 6. The minimum atomic E-state index is -9.63. The number of ether oxygens (including phenoxy) is 2. The molecule has 0 unspecified atom stereocenters. The lowest BCUT2D eigenvalue weighted by atomic mass is 10.2. The van der Waals surface area contributed by atoms with Crippen molar-refractivity contribution < 1.29 is 28.9 Å². The predicted molar refractivity (Wildman–Crippen MR) is 79.8 cm³/mol. The van der Waals surface area contributed by atoms with Gasteiger partial charge in [-0.1, -0.05) is 31.6 Å². The third kappa shape index (κ3) is 5.02. The van der Waals surface area contributed by atoms with E-state index in [1.807, 2.05) is 6.92 Å². The zero-order valence-electron chi connectivity index (χ0n) is 12.1. The Morgan fingerprint density at radius 1 is 0.739 bits per heavy atom. The molecule has 0 fully saturated rings. The van der Waals surface area contributed by atoms with Gasteiger partial charge in [0, 0.05) is 0 Å². The maximum atomic E-state index is 12.6. The van der Waals surface area contributed by atoms with E-state index in [4.69, 9.17) is 9.47 Å². The molecule has 0 N–H and O–H groups in total. The lowest BCUT2D eigenvalue weighted by Gasteiger charge is -2.40. The Morgan fingerprint density at radius 3 is 1.70 bits per heavy atom. The summed E-state index contributed by atoms with van der Waals surface area (Å²) in [5, 5.41) is 0. The van der Waals surface area contributed by atoms with Gasteiger partial charge >= 0.3 is 10.2 Å². The second kappa shape index (κ2) is 5.30. The Balaban J connectivity index is 2.02. The molecule has 0 saturated heterocycles. The van der Waals surface area contributed by atoms with Gasteiger partial charge in [0.15, 0.2) is 0 Å². The quantitative estimate of drug-likeness (QED) is 0.565. The predicted octanol–water partition coefficient (Wildman–Crippen LogP) is 6.32. The Kier molecular flexibility index (Phi) is 4.00. The largest absolute Gasteiger partial charge is 0.494 e. The van der Waals surface area contributed by atoms with E-state index < -0.39 is 15.1 Å². The van der Waals surface area contributed by atoms with Crippen molar-refractivity contribution in [2.45, 2.75) is 18.4 Å². The first-order valence-corrected chi connectivity index (χ1v) is 8.62. The first-order chi connectivity index (χ1) is 10.5. The summed E-state index contributed by atoms with van der Waals surface area (Å²) in [6.45, 7) is 2.49. The van der Waals surface area contributed by atoms with E-state index in [-0.39, 0.29) is 12.4 Å². The van der Waals surface area contributed by atoms with Crippen molar-refractivity contribution in [3.63, 3.8) is 0 Å². The second-order valence-corrected chi connectivity index (χ2v) is 7.22. The summed E-state index contributed by atoms with van der Waals surface area (Å²) < 4.78 is 73.4. The normalized spacial score (nSPS) is 14.7. The minimum absolute atomic E-state index is 0.0736. The van der Waals surface area contributed by atoms with Gasteiger partial charge in [0.2, 0.25) is 0 Å². The molecular formula is C15H15F5O2S. The second-order valence-electron chi connectivity index (χ2n) is 4.81. The van der Waals surface area contributed by atoms with Gasteiger partial charge in [-0.2, -0.15) is 0 Å². The molecule has 0 heterocycles. The summed E-state index contributed by atoms with van der Waals surface area (Å²) in [5.74, 6) is 0.765. The van der Waals surface area contributed by atoms with Crippen molar-refractivity contribution in [1.82, 2.24) is 0 Å². The van der Waals surface area contributed by atoms with Crippen LogP contribution in [0.4, 0.5) is 19.4 Å². The molecule has 0 aliphatic heterocycles. The summed E-state index contributed by atoms with van der Waals surface area (Å²) in [6, 6.07) is 9.37. The van der Waals surface area contributed by atoms with Crippen molar-refractivity contribution in [1.29, 1.82) is 0 Å². The molecule has 2 rings (SSSR count). The molecule has 0 saturated carbocycles. The Labute approximate surface area is 130 Å². The zero-order valence-corrected chi connectivity index (χ0v) is 13.0. The number of hydrogen-bond donors (Lipinski definition) is 0. The molecule has 23 heavy (non-hydrogen) atoms. The van der Waals surface area contributed by atoms with E-state index in [0.29, 0.717) is 24.5 Å². The third-order valence-electron chi connectivity index (χ3n) is 2.91. The number of halogens is 5. The lowest BCUT2D eigenvalue weighted by Crippen LogP contribution is -2.05. The van der Waals surface area contributed by atoms with Crippen LogP contribution < -0.4 is 9.47 Å². The molecule has 8 heteroatoms. The summed E-state index contributed by atoms with van der Waals surface area (Å²) in [6.07, 6.45) is 0. The van der Waals surface area contributed by atoms with Crippen LogP contribution in [-0.4, -0.2) is 6.61 Å². The number of benzene rings is 2. The molecule has 0 bridgehead atoms. The van der Waals surface area contributed by atoms with Gasteiger partial charge < -0.3 is 9.47 Å². The van der Waals surface area contributed by atoms with Gasteiger partial charge in [0.05, 0.1) is 6.61 Å². The van der Waals surface area contributed by atoms with Crippen molar-refractivity contribution in [3.05, 3.63) is 54.1 Å². The Hall–Kier alpha value is -1.96. The van der Waals surface area contributed by atoms with Crippen LogP contribution in [0.25, 0.3) is 0 Å². The van der Waals surface area contributed by atoms with E-state index >= 15 is 0 Å². The molecule has 0 amide bonds. The topological polar surface area (TPSA) is 18.5 Å². The Bertz CT molecular complexity index is 666. The molecule has 128 valence electrons. The molecule has 0 atom stereocenters. The van der Waals surface area contributed by atoms with Crippen LogP contribution in [0.15, 0.2) is 53.4 Å². The molecular weight excluding hydrogens is 339 g/mol. The van der Waals surface area contributed by atoms with Crippen LogP contribution >= 0.6 is 10.2 Å². The molecule has 0 aliphatic carbocycles. The SMILES string of the molecule is CCOc1ccc(COc2ccc(S(F)(F)(F)(F)F)cc2)cc1. The van der Waals surface area contributed by atoms with Crippen LogP contribution in [0.3, 0.4) is 0 Å². The molecule has 0 aliphatic rings. The lowest BCUT2D eigenvalue weighted by molar-refractivity contribution is 0.305. The number of hydrogen-bond acceptors (Lipinski definition) is 2. The molecule has 2 aromatic rings. The van der Waals surface area contributed by atoms with E-state index in [0.717, 1.165) is 17.7 Å². The highest BCUT2D eigenvalue weighted by Crippen LogP contribution is 3.02. The molecule has 2 aromatic carbocycles. The average Bonchev–Trinajstić information content (AvgIpc) is 2.45.